The summed E-state index contributed by atoms with van der Waals surface area (Å²) in [4.78, 5) is 16.4. The van der Waals surface area contributed by atoms with E-state index in [-0.39, 0.29) is 0 Å². The van der Waals surface area contributed by atoms with Crippen molar-refractivity contribution in [1.82, 2.24) is 19.9 Å². The van der Waals surface area contributed by atoms with Crippen LogP contribution in [0.3, 0.4) is 0 Å². The van der Waals surface area contributed by atoms with Gasteiger partial charge in [0, 0.05) is 17.3 Å². The molecule has 5 nitrogen and oxygen atoms in total. The molecule has 2 heterocycles. The molecule has 2 aromatic heterocycles. The van der Waals surface area contributed by atoms with Crippen molar-refractivity contribution >= 4 is 34.1 Å². The highest BCUT2D eigenvalue weighted by molar-refractivity contribution is 7.80. The molecule has 0 saturated heterocycles. The molecule has 0 spiro atoms. The molecule has 2 N–H and O–H groups in total. The Morgan fingerprint density at radius 3 is 3.16 bits per heavy atom. The number of H-pyrrole nitrogens is 1. The Bertz CT molecular complexity index is 685. The van der Waals surface area contributed by atoms with Crippen molar-refractivity contribution < 1.29 is 0 Å². The molecule has 2 aromatic rings. The van der Waals surface area contributed by atoms with Crippen LogP contribution in [0.4, 0.5) is 5.82 Å². The minimum atomic E-state index is 0.314. The number of hydrogen-bond acceptors (Lipinski definition) is 5. The lowest BCUT2D eigenvalue weighted by molar-refractivity contribution is 0.998. The van der Waals surface area contributed by atoms with Crippen LogP contribution in [0.5, 0.6) is 0 Å². The summed E-state index contributed by atoms with van der Waals surface area (Å²) in [6.45, 7) is 2.75. The summed E-state index contributed by atoms with van der Waals surface area (Å²) in [5.41, 5.74) is 2.59. The molecule has 1 aliphatic carbocycles. The van der Waals surface area contributed by atoms with Crippen LogP contribution in [-0.2, 0) is 0 Å². The van der Waals surface area contributed by atoms with Crippen molar-refractivity contribution in [3.63, 3.8) is 0 Å². The van der Waals surface area contributed by atoms with Gasteiger partial charge < -0.3 is 10.3 Å². The highest BCUT2D eigenvalue weighted by atomic mass is 32.1. The molecule has 0 aliphatic heterocycles. The molecule has 6 heteroatoms. The van der Waals surface area contributed by atoms with Gasteiger partial charge >= 0.3 is 0 Å². The molecule has 19 heavy (non-hydrogen) atoms. The van der Waals surface area contributed by atoms with Gasteiger partial charge in [-0.2, -0.15) is 0 Å². The predicted octanol–water partition coefficient (Wildman–Crippen LogP) is 2.27. The Morgan fingerprint density at radius 1 is 1.37 bits per heavy atom. The average Bonchev–Trinajstić information content (AvgIpc) is 2.89. The van der Waals surface area contributed by atoms with Crippen LogP contribution < -0.4 is 5.32 Å². The van der Waals surface area contributed by atoms with Crippen LogP contribution in [-0.4, -0.2) is 31.3 Å². The molecule has 0 aromatic carbocycles. The van der Waals surface area contributed by atoms with Gasteiger partial charge in [0.1, 0.15) is 11.8 Å². The molecule has 96 valence electrons. The SMILES string of the molecule is CC1C=CC=C(CNc2ncnc3nc[nH]c23)C1=S. The van der Waals surface area contributed by atoms with Crippen LogP contribution in [0, 0.1) is 5.92 Å². The van der Waals surface area contributed by atoms with Crippen LogP contribution >= 0.6 is 12.2 Å². The Hall–Kier alpha value is -2.08. The zero-order chi connectivity index (χ0) is 13.2. The Labute approximate surface area is 115 Å². The molecule has 0 radical (unpaired) electrons. The van der Waals surface area contributed by atoms with Gasteiger partial charge in [-0.15, -0.1) is 0 Å². The number of nitrogens with zero attached hydrogens (tertiary/aromatic N) is 3. The summed E-state index contributed by atoms with van der Waals surface area (Å²) in [5.74, 6) is 1.06. The Kier molecular flexibility index (Phi) is 3.08. The highest BCUT2D eigenvalue weighted by Crippen LogP contribution is 2.18. The molecule has 0 bridgehead atoms. The largest absolute Gasteiger partial charge is 0.364 e. The third kappa shape index (κ3) is 2.26. The second-order valence-corrected chi connectivity index (χ2v) is 4.85. The van der Waals surface area contributed by atoms with E-state index in [0.717, 1.165) is 21.8 Å². The third-order valence-corrected chi connectivity index (χ3v) is 3.73. The van der Waals surface area contributed by atoms with E-state index in [2.05, 4.69) is 38.3 Å². The molecule has 0 amide bonds. The van der Waals surface area contributed by atoms with E-state index < -0.39 is 0 Å². The van der Waals surface area contributed by atoms with Gasteiger partial charge in [-0.1, -0.05) is 37.4 Å². The van der Waals surface area contributed by atoms with Crippen molar-refractivity contribution in [2.24, 2.45) is 5.92 Å². The summed E-state index contributed by atoms with van der Waals surface area (Å²) in [6, 6.07) is 0. The first-order valence-corrected chi connectivity index (χ1v) is 6.46. The molecule has 3 rings (SSSR count). The number of aromatic amines is 1. The maximum Gasteiger partial charge on any atom is 0.182 e. The van der Waals surface area contributed by atoms with E-state index in [0.29, 0.717) is 18.1 Å². The van der Waals surface area contributed by atoms with Crippen LogP contribution in [0.15, 0.2) is 36.5 Å². The van der Waals surface area contributed by atoms with Gasteiger partial charge in [0.2, 0.25) is 0 Å². The summed E-state index contributed by atoms with van der Waals surface area (Å²) < 4.78 is 0. The first-order valence-electron chi connectivity index (χ1n) is 6.05. The minimum absolute atomic E-state index is 0.314. The Morgan fingerprint density at radius 2 is 2.26 bits per heavy atom. The topological polar surface area (TPSA) is 66.5 Å². The van der Waals surface area contributed by atoms with E-state index in [4.69, 9.17) is 12.2 Å². The van der Waals surface area contributed by atoms with E-state index in [1.54, 1.807) is 6.33 Å². The zero-order valence-corrected chi connectivity index (χ0v) is 11.2. The number of fused-ring (bicyclic) bond motifs is 1. The number of thiocarbonyl (C=S) groups is 1. The third-order valence-electron chi connectivity index (χ3n) is 3.10. The number of imidazole rings is 1. The average molecular weight is 271 g/mol. The molecule has 0 saturated carbocycles. The molecule has 1 aliphatic rings. The second-order valence-electron chi connectivity index (χ2n) is 4.41. The maximum absolute atomic E-state index is 5.43. The first kappa shape index (κ1) is 12.0. The molecule has 1 unspecified atom stereocenters. The molecular weight excluding hydrogens is 258 g/mol. The van der Waals surface area contributed by atoms with Gasteiger partial charge in [0.15, 0.2) is 11.5 Å². The lowest BCUT2D eigenvalue weighted by atomic mass is 9.95. The number of anilines is 1. The fourth-order valence-corrected chi connectivity index (χ4v) is 2.24. The van der Waals surface area contributed by atoms with Crippen molar-refractivity contribution in [2.45, 2.75) is 6.92 Å². The predicted molar refractivity (Wildman–Crippen MR) is 79.2 cm³/mol. The fourth-order valence-electron chi connectivity index (χ4n) is 2.02. The summed E-state index contributed by atoms with van der Waals surface area (Å²) in [5, 5.41) is 3.28. The van der Waals surface area contributed by atoms with E-state index in [1.807, 2.05) is 12.2 Å². The van der Waals surface area contributed by atoms with E-state index in [1.165, 1.54) is 6.33 Å². The van der Waals surface area contributed by atoms with Crippen LogP contribution in [0.25, 0.3) is 11.2 Å². The van der Waals surface area contributed by atoms with Crippen molar-refractivity contribution in [2.75, 3.05) is 11.9 Å². The number of rotatable bonds is 3. The quantitative estimate of drug-likeness (QED) is 0.838. The second kappa shape index (κ2) is 4.89. The van der Waals surface area contributed by atoms with E-state index in [9.17, 15) is 0 Å². The van der Waals surface area contributed by atoms with Gasteiger partial charge in [-0.3, -0.25) is 0 Å². The maximum atomic E-state index is 5.43. The van der Waals surface area contributed by atoms with Gasteiger partial charge in [-0.05, 0) is 5.57 Å². The Balaban J connectivity index is 1.80. The lowest BCUT2D eigenvalue weighted by Crippen LogP contribution is -2.19. The van der Waals surface area contributed by atoms with Gasteiger partial charge in [-0.25, -0.2) is 15.0 Å². The van der Waals surface area contributed by atoms with Crippen LogP contribution in [0.1, 0.15) is 6.92 Å². The van der Waals surface area contributed by atoms with E-state index >= 15 is 0 Å². The van der Waals surface area contributed by atoms with Crippen molar-refractivity contribution in [1.29, 1.82) is 0 Å². The molecular formula is C13H13N5S. The minimum Gasteiger partial charge on any atom is -0.364 e. The van der Waals surface area contributed by atoms with Gasteiger partial charge in [0.05, 0.1) is 6.33 Å². The lowest BCUT2D eigenvalue weighted by Gasteiger charge is -2.17. The summed E-state index contributed by atoms with van der Waals surface area (Å²) in [7, 11) is 0. The number of allylic oxidation sites excluding steroid dienone is 3. The number of aromatic nitrogens is 4. The molecule has 1 atom stereocenters. The van der Waals surface area contributed by atoms with Crippen LogP contribution in [0.2, 0.25) is 0 Å². The highest BCUT2D eigenvalue weighted by Gasteiger charge is 2.14. The monoisotopic (exact) mass is 271 g/mol. The zero-order valence-electron chi connectivity index (χ0n) is 10.4. The number of hydrogen-bond donors (Lipinski definition) is 2. The summed E-state index contributed by atoms with van der Waals surface area (Å²) in [6.07, 6.45) is 9.30. The number of nitrogens with one attached hydrogen (secondary N) is 2. The first-order chi connectivity index (χ1) is 9.25. The smallest absolute Gasteiger partial charge is 0.182 e. The normalized spacial score (nSPS) is 18.7. The fraction of sp³-hybridized carbons (Fsp3) is 0.231. The molecule has 0 fully saturated rings. The standard InChI is InChI=1S/C13H13N5S/c1-8-3-2-4-9(11(8)19)5-14-12-10-13(16-6-15-10)18-7-17-12/h2-4,6-8H,5H2,1H3,(H2,14,15,16,17,18). The summed E-state index contributed by atoms with van der Waals surface area (Å²) >= 11 is 5.43. The van der Waals surface area contributed by atoms with Crippen molar-refractivity contribution in [3.8, 4) is 0 Å². The van der Waals surface area contributed by atoms with Crippen molar-refractivity contribution in [3.05, 3.63) is 36.5 Å². The van der Waals surface area contributed by atoms with Gasteiger partial charge in [0.25, 0.3) is 0 Å².